The zero-order chi connectivity index (χ0) is 8.48. The molecule has 5 nitrogen and oxygen atoms in total. The van der Waals surface area contributed by atoms with Crippen molar-refractivity contribution in [3.63, 3.8) is 0 Å². The molecule has 0 aliphatic heterocycles. The van der Waals surface area contributed by atoms with Crippen LogP contribution in [0.1, 0.15) is 0 Å². The molecule has 0 spiro atoms. The highest BCUT2D eigenvalue weighted by atomic mass is 32.2. The van der Waals surface area contributed by atoms with Gasteiger partial charge >= 0.3 is 0 Å². The van der Waals surface area contributed by atoms with E-state index in [1.165, 1.54) is 12.5 Å². The maximum Gasteiger partial charge on any atom is 0.259 e. The molecule has 1 radical (unpaired) electrons. The molecule has 0 aromatic carbocycles. The van der Waals surface area contributed by atoms with E-state index < -0.39 is 10.0 Å². The highest BCUT2D eigenvalue weighted by molar-refractivity contribution is 7.89. The van der Waals surface area contributed by atoms with Crippen LogP contribution in [0, 0.1) is 7.05 Å². The van der Waals surface area contributed by atoms with Gasteiger partial charge < -0.3 is 4.57 Å². The predicted molar refractivity (Wildman–Crippen MR) is 38.9 cm³/mol. The van der Waals surface area contributed by atoms with Crippen molar-refractivity contribution in [1.29, 1.82) is 0 Å². The third-order valence-corrected chi connectivity index (χ3v) is 2.29. The van der Waals surface area contributed by atoms with Gasteiger partial charge in [0.05, 0.1) is 6.33 Å². The number of nitrogens with zero attached hydrogens (tertiary/aromatic N) is 2. The van der Waals surface area contributed by atoms with Crippen molar-refractivity contribution in [1.82, 2.24) is 14.3 Å². The smallest absolute Gasteiger partial charge is 0.259 e. The zero-order valence-corrected chi connectivity index (χ0v) is 6.80. The van der Waals surface area contributed by atoms with Gasteiger partial charge in [0.25, 0.3) is 10.0 Å². The fourth-order valence-corrected chi connectivity index (χ4v) is 1.24. The maximum absolute atomic E-state index is 11.0. The van der Waals surface area contributed by atoms with Crippen LogP contribution in [-0.2, 0) is 17.1 Å². The topological polar surface area (TPSA) is 64.0 Å². The summed E-state index contributed by atoms with van der Waals surface area (Å²) < 4.78 is 25.4. The maximum atomic E-state index is 11.0. The number of rotatable bonds is 2. The number of hydrogen-bond acceptors (Lipinski definition) is 3. The van der Waals surface area contributed by atoms with Crippen LogP contribution in [0.4, 0.5) is 0 Å². The first-order valence-electron chi connectivity index (χ1n) is 2.83. The van der Waals surface area contributed by atoms with E-state index >= 15 is 0 Å². The fourth-order valence-electron chi connectivity index (χ4n) is 0.602. The first kappa shape index (κ1) is 8.22. The number of nitrogens with one attached hydrogen (secondary N) is 1. The van der Waals surface area contributed by atoms with Crippen LogP contribution in [-0.4, -0.2) is 18.0 Å². The summed E-state index contributed by atoms with van der Waals surface area (Å²) >= 11 is 0. The van der Waals surface area contributed by atoms with Gasteiger partial charge in [0.2, 0.25) is 0 Å². The zero-order valence-electron chi connectivity index (χ0n) is 5.98. The third kappa shape index (κ3) is 1.58. The van der Waals surface area contributed by atoms with E-state index in [9.17, 15) is 8.42 Å². The molecule has 0 aliphatic rings. The van der Waals surface area contributed by atoms with Crippen molar-refractivity contribution in [2.24, 2.45) is 7.05 Å². The number of hydrogen-bond donors (Lipinski definition) is 1. The van der Waals surface area contributed by atoms with Gasteiger partial charge in [-0.25, -0.2) is 18.1 Å². The predicted octanol–water partition coefficient (Wildman–Crippen LogP) is -0.510. The van der Waals surface area contributed by atoms with Gasteiger partial charge in [-0.2, -0.15) is 0 Å². The number of imidazole rings is 1. The molecule has 6 heteroatoms. The SMILES string of the molecule is [CH2]NS(=O)(=O)c1cn(C)cn1. The molecular formula is C5H8N3O2S. The van der Waals surface area contributed by atoms with Gasteiger partial charge in [0, 0.05) is 20.3 Å². The molecule has 0 saturated heterocycles. The van der Waals surface area contributed by atoms with Crippen molar-refractivity contribution < 1.29 is 8.42 Å². The van der Waals surface area contributed by atoms with Gasteiger partial charge in [-0.05, 0) is 0 Å². The second kappa shape index (κ2) is 2.63. The number of sulfonamides is 1. The van der Waals surface area contributed by atoms with Crippen LogP contribution >= 0.6 is 0 Å². The van der Waals surface area contributed by atoms with Crippen LogP contribution in [0.3, 0.4) is 0 Å². The van der Waals surface area contributed by atoms with Crippen molar-refractivity contribution in [3.05, 3.63) is 19.6 Å². The monoisotopic (exact) mass is 174 g/mol. The summed E-state index contributed by atoms with van der Waals surface area (Å²) in [5.74, 6) is 0. The lowest BCUT2D eigenvalue weighted by Gasteiger charge is -1.94. The van der Waals surface area contributed by atoms with Crippen molar-refractivity contribution in [2.45, 2.75) is 5.03 Å². The van der Waals surface area contributed by atoms with Gasteiger partial charge in [-0.3, -0.25) is 0 Å². The van der Waals surface area contributed by atoms with Gasteiger partial charge in [0.15, 0.2) is 5.03 Å². The first-order valence-corrected chi connectivity index (χ1v) is 4.31. The minimum atomic E-state index is -3.47. The van der Waals surface area contributed by atoms with E-state index in [0.717, 1.165) is 0 Å². The van der Waals surface area contributed by atoms with Crippen LogP contribution in [0.15, 0.2) is 17.6 Å². The molecule has 0 unspecified atom stereocenters. The van der Waals surface area contributed by atoms with Gasteiger partial charge in [-0.1, -0.05) is 0 Å². The average molecular weight is 174 g/mol. The summed E-state index contributed by atoms with van der Waals surface area (Å²) in [5.41, 5.74) is 0. The fraction of sp³-hybridized carbons (Fsp3) is 0.200. The Morgan fingerprint density at radius 3 is 2.73 bits per heavy atom. The number of aryl methyl sites for hydroxylation is 1. The third-order valence-electron chi connectivity index (χ3n) is 1.15. The lowest BCUT2D eigenvalue weighted by Crippen LogP contribution is -2.16. The Bertz CT molecular complexity index is 340. The molecule has 0 saturated carbocycles. The lowest BCUT2D eigenvalue weighted by molar-refractivity contribution is 0.587. The minimum absolute atomic E-state index is 0.0185. The van der Waals surface area contributed by atoms with E-state index in [4.69, 9.17) is 0 Å². The molecule has 0 aliphatic carbocycles. The minimum Gasteiger partial charge on any atom is -0.339 e. The summed E-state index contributed by atoms with van der Waals surface area (Å²) in [5, 5.41) is -0.0185. The van der Waals surface area contributed by atoms with Gasteiger partial charge in [0.1, 0.15) is 0 Å². The Balaban J connectivity index is 3.13. The molecule has 1 aromatic heterocycles. The second-order valence-corrected chi connectivity index (χ2v) is 3.74. The van der Waals surface area contributed by atoms with Crippen LogP contribution in [0.2, 0.25) is 0 Å². The molecule has 1 N–H and O–H groups in total. The van der Waals surface area contributed by atoms with Crippen molar-refractivity contribution >= 4 is 10.0 Å². The molecule has 61 valence electrons. The van der Waals surface area contributed by atoms with Crippen LogP contribution in [0.25, 0.3) is 0 Å². The van der Waals surface area contributed by atoms with Crippen molar-refractivity contribution in [2.75, 3.05) is 0 Å². The van der Waals surface area contributed by atoms with E-state index in [1.54, 1.807) is 11.6 Å². The Morgan fingerprint density at radius 2 is 2.36 bits per heavy atom. The average Bonchev–Trinajstić information content (AvgIpc) is 2.36. The van der Waals surface area contributed by atoms with E-state index in [2.05, 4.69) is 12.0 Å². The molecule has 1 aromatic rings. The highest BCUT2D eigenvalue weighted by Crippen LogP contribution is 2.02. The van der Waals surface area contributed by atoms with Gasteiger partial charge in [-0.15, -0.1) is 0 Å². The Labute approximate surface area is 65.1 Å². The summed E-state index contributed by atoms with van der Waals surface area (Å²) in [6.07, 6.45) is 2.80. The summed E-state index contributed by atoms with van der Waals surface area (Å²) in [6, 6.07) is 0. The van der Waals surface area contributed by atoms with E-state index in [-0.39, 0.29) is 5.03 Å². The molecular weight excluding hydrogens is 166 g/mol. The normalized spacial score (nSPS) is 11.8. The van der Waals surface area contributed by atoms with Crippen LogP contribution < -0.4 is 4.72 Å². The Kier molecular flexibility index (Phi) is 1.97. The highest BCUT2D eigenvalue weighted by Gasteiger charge is 2.13. The molecule has 1 rings (SSSR count). The largest absolute Gasteiger partial charge is 0.339 e. The quantitative estimate of drug-likeness (QED) is 0.656. The summed E-state index contributed by atoms with van der Waals surface area (Å²) in [4.78, 5) is 3.63. The number of aromatic nitrogens is 2. The molecule has 0 fully saturated rings. The van der Waals surface area contributed by atoms with Crippen molar-refractivity contribution in [3.8, 4) is 0 Å². The Morgan fingerprint density at radius 1 is 1.73 bits per heavy atom. The lowest BCUT2D eigenvalue weighted by atomic mass is 10.9. The summed E-state index contributed by atoms with van der Waals surface area (Å²) in [7, 11) is 1.27. The molecule has 11 heavy (non-hydrogen) atoms. The van der Waals surface area contributed by atoms with Crippen LogP contribution in [0.5, 0.6) is 0 Å². The summed E-state index contributed by atoms with van der Waals surface area (Å²) in [6.45, 7) is 0. The van der Waals surface area contributed by atoms with E-state index in [0.29, 0.717) is 0 Å². The first-order chi connectivity index (χ1) is 5.06. The molecule has 0 bridgehead atoms. The second-order valence-electron chi connectivity index (χ2n) is 2.03. The Hall–Kier alpha value is -0.880. The molecule has 0 atom stereocenters. The standard InChI is InChI=1S/C5H8N3O2S/c1-6-11(9,10)5-3-8(2)4-7-5/h3-4,6H,1H2,2H3. The molecule has 1 heterocycles. The van der Waals surface area contributed by atoms with E-state index in [1.807, 2.05) is 4.72 Å². The molecule has 0 amide bonds.